The second-order valence-corrected chi connectivity index (χ2v) is 11.5. The molecule has 1 saturated heterocycles. The SMILES string of the molecule is NC(=O)CCC(C=O)N1Cc2c(NC(=O)CCCCC(=O)Nc3cccc4c3CN(C3CCC(=O)NC3=O)C4=O)cccc2C1=O. The number of nitrogens with two attached hydrogens (primary N) is 1. The lowest BCUT2D eigenvalue weighted by atomic mass is 10.0. The summed E-state index contributed by atoms with van der Waals surface area (Å²) < 4.78 is 0. The van der Waals surface area contributed by atoms with Gasteiger partial charge in [-0.3, -0.25) is 38.9 Å². The van der Waals surface area contributed by atoms with Crippen LogP contribution in [0.4, 0.5) is 11.4 Å². The van der Waals surface area contributed by atoms with E-state index in [0.29, 0.717) is 52.8 Å². The van der Waals surface area contributed by atoms with Crippen LogP contribution in [0.15, 0.2) is 36.4 Å². The molecule has 1 fully saturated rings. The van der Waals surface area contributed by atoms with E-state index in [4.69, 9.17) is 5.73 Å². The second-order valence-electron chi connectivity index (χ2n) is 11.5. The molecule has 0 aliphatic carbocycles. The molecule has 2 aromatic carbocycles. The molecule has 2 unspecified atom stereocenters. The number of imide groups is 1. The van der Waals surface area contributed by atoms with Crippen molar-refractivity contribution < 1.29 is 38.4 Å². The fraction of sp³-hybridized carbons (Fsp3) is 0.375. The number of nitrogens with zero attached hydrogens (tertiary/aromatic N) is 2. The highest BCUT2D eigenvalue weighted by molar-refractivity contribution is 6.07. The maximum Gasteiger partial charge on any atom is 0.255 e. The molecule has 0 aromatic heterocycles. The molecule has 46 heavy (non-hydrogen) atoms. The maximum atomic E-state index is 13.0. The Morgan fingerprint density at radius 2 is 1.46 bits per heavy atom. The summed E-state index contributed by atoms with van der Waals surface area (Å²) in [5.41, 5.74) is 8.06. The van der Waals surface area contributed by atoms with Crippen LogP contribution in [0.3, 0.4) is 0 Å². The number of hydrogen-bond acceptors (Lipinski definition) is 8. The first-order valence-corrected chi connectivity index (χ1v) is 15.1. The Hall–Kier alpha value is -5.40. The summed E-state index contributed by atoms with van der Waals surface area (Å²) in [6.07, 6.45) is 2.14. The Kier molecular flexibility index (Phi) is 9.54. The summed E-state index contributed by atoms with van der Waals surface area (Å²) in [6, 6.07) is 8.32. The number of amides is 7. The van der Waals surface area contributed by atoms with Crippen molar-refractivity contribution in [3.8, 4) is 0 Å². The van der Waals surface area contributed by atoms with Gasteiger partial charge in [-0.2, -0.15) is 0 Å². The highest BCUT2D eigenvalue weighted by Crippen LogP contribution is 2.33. The average molecular weight is 631 g/mol. The number of carbonyl (C=O) groups is 8. The van der Waals surface area contributed by atoms with Crippen LogP contribution >= 0.6 is 0 Å². The molecule has 7 amide bonds. The number of carbonyl (C=O) groups excluding carboxylic acids is 8. The van der Waals surface area contributed by atoms with Crippen molar-refractivity contribution in [2.75, 3.05) is 10.6 Å². The van der Waals surface area contributed by atoms with Gasteiger partial charge in [0, 0.05) is 72.4 Å². The molecule has 0 spiro atoms. The van der Waals surface area contributed by atoms with Crippen LogP contribution in [0.2, 0.25) is 0 Å². The summed E-state index contributed by atoms with van der Waals surface area (Å²) in [4.78, 5) is 101. The van der Waals surface area contributed by atoms with Gasteiger partial charge in [-0.05, 0) is 49.9 Å². The molecular formula is C32H34N6O8. The zero-order valence-corrected chi connectivity index (χ0v) is 25.0. The van der Waals surface area contributed by atoms with Crippen molar-refractivity contribution in [1.82, 2.24) is 15.1 Å². The van der Waals surface area contributed by atoms with E-state index in [1.54, 1.807) is 36.4 Å². The van der Waals surface area contributed by atoms with Crippen molar-refractivity contribution in [2.24, 2.45) is 5.73 Å². The first-order chi connectivity index (χ1) is 22.1. The Balaban J connectivity index is 1.10. The molecule has 240 valence electrons. The molecule has 3 heterocycles. The van der Waals surface area contributed by atoms with Crippen LogP contribution in [-0.2, 0) is 41.9 Å². The van der Waals surface area contributed by atoms with Gasteiger partial charge >= 0.3 is 0 Å². The van der Waals surface area contributed by atoms with E-state index >= 15 is 0 Å². The molecule has 3 aliphatic rings. The Bertz CT molecular complexity index is 1640. The fourth-order valence-corrected chi connectivity index (χ4v) is 6.03. The van der Waals surface area contributed by atoms with E-state index in [1.807, 2.05) is 0 Å². The van der Waals surface area contributed by atoms with Crippen LogP contribution in [0.25, 0.3) is 0 Å². The van der Waals surface area contributed by atoms with Crippen LogP contribution in [0.1, 0.15) is 83.2 Å². The first kappa shape index (κ1) is 32.0. The molecule has 2 atom stereocenters. The first-order valence-electron chi connectivity index (χ1n) is 15.1. The summed E-state index contributed by atoms with van der Waals surface area (Å²) in [6.45, 7) is 0.236. The summed E-state index contributed by atoms with van der Waals surface area (Å²) in [5, 5.41) is 7.93. The average Bonchev–Trinajstić information content (AvgIpc) is 3.53. The number of aldehydes is 1. The number of benzene rings is 2. The molecule has 0 radical (unpaired) electrons. The number of hydrogen-bond donors (Lipinski definition) is 4. The van der Waals surface area contributed by atoms with Crippen molar-refractivity contribution >= 4 is 59.0 Å². The third-order valence-corrected chi connectivity index (χ3v) is 8.43. The van der Waals surface area contributed by atoms with E-state index < -0.39 is 23.9 Å². The van der Waals surface area contributed by atoms with Gasteiger partial charge in [0.2, 0.25) is 29.5 Å². The Morgan fingerprint density at radius 1 is 0.870 bits per heavy atom. The van der Waals surface area contributed by atoms with Crippen molar-refractivity contribution in [1.29, 1.82) is 0 Å². The minimum absolute atomic E-state index is 0.0401. The van der Waals surface area contributed by atoms with Gasteiger partial charge < -0.3 is 31.0 Å². The van der Waals surface area contributed by atoms with Crippen LogP contribution in [-0.4, -0.2) is 69.5 Å². The largest absolute Gasteiger partial charge is 0.370 e. The van der Waals surface area contributed by atoms with Crippen LogP contribution in [0, 0.1) is 0 Å². The molecule has 3 aliphatic heterocycles. The Labute approximate surface area is 264 Å². The molecular weight excluding hydrogens is 596 g/mol. The number of piperidine rings is 1. The number of nitrogens with one attached hydrogen (secondary N) is 3. The summed E-state index contributed by atoms with van der Waals surface area (Å²) in [7, 11) is 0. The lowest BCUT2D eigenvalue weighted by Gasteiger charge is -2.29. The van der Waals surface area contributed by atoms with Gasteiger partial charge in [-0.25, -0.2) is 0 Å². The minimum Gasteiger partial charge on any atom is -0.370 e. The molecule has 14 heteroatoms. The van der Waals surface area contributed by atoms with E-state index in [1.165, 1.54) is 9.80 Å². The normalized spacial score (nSPS) is 17.7. The molecule has 0 bridgehead atoms. The lowest BCUT2D eigenvalue weighted by molar-refractivity contribution is -0.137. The highest BCUT2D eigenvalue weighted by atomic mass is 16.2. The minimum atomic E-state index is -0.816. The fourth-order valence-electron chi connectivity index (χ4n) is 6.03. The number of anilines is 2. The third-order valence-electron chi connectivity index (χ3n) is 8.43. The van der Waals surface area contributed by atoms with E-state index in [-0.39, 0.29) is 81.2 Å². The Morgan fingerprint density at radius 3 is 2.02 bits per heavy atom. The lowest BCUT2D eigenvalue weighted by Crippen LogP contribution is -2.52. The molecule has 0 saturated carbocycles. The number of rotatable bonds is 13. The quantitative estimate of drug-likeness (QED) is 0.144. The standard InChI is InChI=1S/C32H34N6O8/c33-26(40)13-11-18(17-39)37-15-21-19(31(37)45)5-3-7-23(21)34-27(41)9-1-2-10-28(42)35-24-8-4-6-20-22(24)16-38(32(20)46)25-12-14-29(43)36-30(25)44/h3-8,17-18,25H,1-2,9-16H2,(H2,33,40)(H,34,41)(H,35,42)(H,36,43,44). The van der Waals surface area contributed by atoms with E-state index in [9.17, 15) is 38.4 Å². The highest BCUT2D eigenvalue weighted by Gasteiger charge is 2.40. The maximum absolute atomic E-state index is 13.0. The molecule has 5 rings (SSSR count). The van der Waals surface area contributed by atoms with Gasteiger partial charge in [0.1, 0.15) is 12.3 Å². The molecule has 5 N–H and O–H groups in total. The predicted molar refractivity (Wildman–Crippen MR) is 163 cm³/mol. The smallest absolute Gasteiger partial charge is 0.255 e. The van der Waals surface area contributed by atoms with Gasteiger partial charge in [0.05, 0.1) is 6.04 Å². The topological polar surface area (TPSA) is 205 Å². The van der Waals surface area contributed by atoms with E-state index in [2.05, 4.69) is 16.0 Å². The second kappa shape index (κ2) is 13.7. The van der Waals surface area contributed by atoms with Gasteiger partial charge in [0.15, 0.2) is 0 Å². The number of fused-ring (bicyclic) bond motifs is 2. The monoisotopic (exact) mass is 630 g/mol. The molecule has 14 nitrogen and oxygen atoms in total. The number of unbranched alkanes of at least 4 members (excludes halogenated alkanes) is 1. The molecule has 2 aromatic rings. The van der Waals surface area contributed by atoms with Crippen molar-refractivity contribution in [3.05, 3.63) is 58.7 Å². The van der Waals surface area contributed by atoms with E-state index in [0.717, 1.165) is 0 Å². The zero-order chi connectivity index (χ0) is 33.0. The summed E-state index contributed by atoms with van der Waals surface area (Å²) >= 11 is 0. The van der Waals surface area contributed by atoms with Gasteiger partial charge in [0.25, 0.3) is 11.8 Å². The van der Waals surface area contributed by atoms with Crippen molar-refractivity contribution in [3.63, 3.8) is 0 Å². The predicted octanol–water partition coefficient (Wildman–Crippen LogP) is 1.37. The van der Waals surface area contributed by atoms with Crippen LogP contribution in [0.5, 0.6) is 0 Å². The van der Waals surface area contributed by atoms with Crippen LogP contribution < -0.4 is 21.7 Å². The third kappa shape index (κ3) is 6.80. The van der Waals surface area contributed by atoms with Crippen molar-refractivity contribution in [2.45, 2.75) is 76.5 Å². The summed E-state index contributed by atoms with van der Waals surface area (Å²) in [5.74, 6) is -2.74. The zero-order valence-electron chi connectivity index (χ0n) is 25.0. The number of primary amides is 1. The van der Waals surface area contributed by atoms with Gasteiger partial charge in [-0.1, -0.05) is 12.1 Å². The van der Waals surface area contributed by atoms with Gasteiger partial charge in [-0.15, -0.1) is 0 Å².